The molecule has 2 N–H and O–H groups in total. The Morgan fingerprint density at radius 1 is 1.18 bits per heavy atom. The van der Waals surface area contributed by atoms with E-state index < -0.39 is 58.5 Å². The number of aromatic nitrogens is 1. The maximum atomic E-state index is 15.0. The molecular weight excluding hydrogens is 481 g/mol. The molecule has 1 aromatic carbocycles. The van der Waals surface area contributed by atoms with Crippen molar-refractivity contribution in [3.63, 3.8) is 0 Å². The van der Waals surface area contributed by atoms with E-state index in [1.54, 1.807) is 0 Å². The molecular formula is C23H19ClF5N3O2. The highest BCUT2D eigenvalue weighted by Gasteiger charge is 2.73. The molecule has 180 valence electrons. The number of carbonyl (C=O) groups excluding carboxylic acids is 2. The Hall–Kier alpha value is -2.75. The summed E-state index contributed by atoms with van der Waals surface area (Å²) in [7, 11) is 0. The summed E-state index contributed by atoms with van der Waals surface area (Å²) in [5.74, 6) is -4.25. The van der Waals surface area contributed by atoms with E-state index in [1.165, 1.54) is 4.90 Å². The molecule has 5 nitrogen and oxygen atoms in total. The number of primary amides is 1. The molecule has 3 unspecified atom stereocenters. The number of hydrogen-bond donors (Lipinski definition) is 1. The Labute approximate surface area is 196 Å². The number of likely N-dealkylation sites (tertiary alicyclic amines) is 1. The highest BCUT2D eigenvalue weighted by molar-refractivity contribution is 6.30. The Kier molecular flexibility index (Phi) is 5.16. The van der Waals surface area contributed by atoms with Crippen LogP contribution >= 0.6 is 11.6 Å². The van der Waals surface area contributed by atoms with E-state index in [1.807, 2.05) is 0 Å². The van der Waals surface area contributed by atoms with Crippen molar-refractivity contribution < 1.29 is 31.5 Å². The van der Waals surface area contributed by atoms with Gasteiger partial charge in [0, 0.05) is 5.92 Å². The standard InChI is InChI=1S/C23H19ClF5N3O2/c24-13-8-14(25)12(7-15(13)26)19(10-4-5-10)22-9-11(22)6-17(20(30)33)32(22)21(34)16-2-1-3-18(31-16)23(27,28)29/h1-3,7-8,10-11,17,19H,4-6,9H2,(H2,30,33)/t11?,17?,19-,22?/m1/s1. The molecule has 1 aromatic heterocycles. The number of hydrogen-bond acceptors (Lipinski definition) is 3. The van der Waals surface area contributed by atoms with Gasteiger partial charge in [-0.05, 0) is 67.3 Å². The van der Waals surface area contributed by atoms with E-state index in [0.29, 0.717) is 19.3 Å². The van der Waals surface area contributed by atoms with Crippen LogP contribution in [0.25, 0.3) is 0 Å². The molecule has 4 atom stereocenters. The smallest absolute Gasteiger partial charge is 0.368 e. The predicted octanol–water partition coefficient (Wildman–Crippen LogP) is 4.68. The zero-order valence-electron chi connectivity index (χ0n) is 17.6. The van der Waals surface area contributed by atoms with Gasteiger partial charge in [0.05, 0.1) is 10.6 Å². The third-order valence-corrected chi connectivity index (χ3v) is 7.49. The van der Waals surface area contributed by atoms with Crippen LogP contribution in [-0.2, 0) is 11.0 Å². The molecule has 2 heterocycles. The van der Waals surface area contributed by atoms with Crippen LogP contribution < -0.4 is 5.73 Å². The molecule has 5 rings (SSSR count). The van der Waals surface area contributed by atoms with Crippen LogP contribution in [0.4, 0.5) is 22.0 Å². The van der Waals surface area contributed by atoms with Gasteiger partial charge in [-0.2, -0.15) is 13.2 Å². The molecule has 0 radical (unpaired) electrons. The average Bonchev–Trinajstić information content (AvgIpc) is 3.69. The van der Waals surface area contributed by atoms with Crippen molar-refractivity contribution in [3.05, 3.63) is 63.9 Å². The Balaban J connectivity index is 1.61. The summed E-state index contributed by atoms with van der Waals surface area (Å²) in [5.41, 5.74) is 2.78. The number of halogens is 6. The number of carbonyl (C=O) groups is 2. The first-order valence-electron chi connectivity index (χ1n) is 10.8. The van der Waals surface area contributed by atoms with E-state index in [0.717, 1.165) is 30.3 Å². The molecule has 2 amide bonds. The van der Waals surface area contributed by atoms with Gasteiger partial charge < -0.3 is 10.6 Å². The first-order chi connectivity index (χ1) is 15.9. The molecule has 1 saturated heterocycles. The number of nitrogens with zero attached hydrogens (tertiary/aromatic N) is 2. The second-order valence-electron chi connectivity index (χ2n) is 9.23. The van der Waals surface area contributed by atoms with Crippen molar-refractivity contribution in [2.24, 2.45) is 17.6 Å². The average molecular weight is 500 g/mol. The maximum absolute atomic E-state index is 15.0. The molecule has 1 aliphatic heterocycles. The Morgan fingerprint density at radius 3 is 2.50 bits per heavy atom. The first-order valence-corrected chi connectivity index (χ1v) is 11.1. The lowest BCUT2D eigenvalue weighted by atomic mass is 9.83. The highest BCUT2D eigenvalue weighted by Crippen LogP contribution is 2.69. The second-order valence-corrected chi connectivity index (χ2v) is 9.64. The number of pyridine rings is 1. The van der Waals surface area contributed by atoms with E-state index in [2.05, 4.69) is 4.98 Å². The van der Waals surface area contributed by atoms with Gasteiger partial charge in [0.2, 0.25) is 5.91 Å². The van der Waals surface area contributed by atoms with E-state index in [9.17, 15) is 27.2 Å². The molecule has 34 heavy (non-hydrogen) atoms. The fraction of sp³-hybridized carbons (Fsp3) is 0.435. The van der Waals surface area contributed by atoms with Crippen LogP contribution in [-0.4, -0.2) is 33.3 Å². The number of nitrogens with two attached hydrogens (primary N) is 1. The summed E-state index contributed by atoms with van der Waals surface area (Å²) in [5, 5.41) is -0.386. The van der Waals surface area contributed by atoms with Gasteiger partial charge in [0.25, 0.3) is 5.91 Å². The van der Waals surface area contributed by atoms with Gasteiger partial charge in [-0.25, -0.2) is 13.8 Å². The lowest BCUT2D eigenvalue weighted by Crippen LogP contribution is -2.53. The summed E-state index contributed by atoms with van der Waals surface area (Å²) in [6.45, 7) is 0. The fourth-order valence-electron chi connectivity index (χ4n) is 5.66. The minimum Gasteiger partial charge on any atom is -0.368 e. The van der Waals surface area contributed by atoms with Crippen molar-refractivity contribution in [3.8, 4) is 0 Å². The van der Waals surface area contributed by atoms with Crippen molar-refractivity contribution in [1.82, 2.24) is 9.88 Å². The number of fused-ring (bicyclic) bond motifs is 1. The van der Waals surface area contributed by atoms with Crippen LogP contribution in [0.2, 0.25) is 5.02 Å². The molecule has 2 aliphatic carbocycles. The van der Waals surface area contributed by atoms with Gasteiger partial charge in [-0.1, -0.05) is 17.7 Å². The van der Waals surface area contributed by atoms with Gasteiger partial charge in [0.1, 0.15) is 29.1 Å². The fourth-order valence-corrected chi connectivity index (χ4v) is 5.81. The molecule has 3 aliphatic rings. The highest BCUT2D eigenvalue weighted by atomic mass is 35.5. The van der Waals surface area contributed by atoms with Gasteiger partial charge in [0.15, 0.2) is 0 Å². The van der Waals surface area contributed by atoms with Gasteiger partial charge >= 0.3 is 6.18 Å². The van der Waals surface area contributed by atoms with Crippen LogP contribution in [0.5, 0.6) is 0 Å². The third kappa shape index (κ3) is 3.54. The number of rotatable bonds is 5. The number of amides is 2. The number of piperidine rings is 1. The number of benzene rings is 1. The largest absolute Gasteiger partial charge is 0.433 e. The van der Waals surface area contributed by atoms with Gasteiger partial charge in [-0.3, -0.25) is 9.59 Å². The molecule has 0 spiro atoms. The monoisotopic (exact) mass is 499 g/mol. The summed E-state index contributed by atoms with van der Waals surface area (Å²) in [4.78, 5) is 30.5. The Morgan fingerprint density at radius 2 is 1.88 bits per heavy atom. The normalized spacial score (nSPS) is 26.8. The SMILES string of the molecule is NC(=O)C1CC2CC2([C@@H](c2cc(F)c(Cl)cc2F)C2CC2)N1C(=O)c1cccc(C(F)(F)F)n1. The number of alkyl halides is 3. The van der Waals surface area contributed by atoms with Crippen molar-refractivity contribution in [2.45, 2.75) is 49.4 Å². The molecule has 3 fully saturated rings. The second kappa shape index (κ2) is 7.63. The lowest BCUT2D eigenvalue weighted by molar-refractivity contribution is -0.141. The molecule has 2 aromatic rings. The van der Waals surface area contributed by atoms with Crippen molar-refractivity contribution in [1.29, 1.82) is 0 Å². The molecule has 11 heteroatoms. The van der Waals surface area contributed by atoms with Crippen LogP contribution in [0, 0.1) is 23.5 Å². The summed E-state index contributed by atoms with van der Waals surface area (Å²) in [6, 6.07) is 3.71. The van der Waals surface area contributed by atoms with E-state index >= 15 is 4.39 Å². The zero-order chi connectivity index (χ0) is 24.6. The maximum Gasteiger partial charge on any atom is 0.433 e. The Bertz CT molecular complexity index is 1200. The van der Waals surface area contributed by atoms with Gasteiger partial charge in [-0.15, -0.1) is 0 Å². The zero-order valence-corrected chi connectivity index (χ0v) is 18.3. The minimum absolute atomic E-state index is 0.0341. The summed E-state index contributed by atoms with van der Waals surface area (Å²) < 4.78 is 69.0. The quantitative estimate of drug-likeness (QED) is 0.479. The van der Waals surface area contributed by atoms with E-state index in [4.69, 9.17) is 17.3 Å². The van der Waals surface area contributed by atoms with Crippen LogP contribution in [0.3, 0.4) is 0 Å². The van der Waals surface area contributed by atoms with Crippen molar-refractivity contribution in [2.75, 3.05) is 0 Å². The van der Waals surface area contributed by atoms with E-state index in [-0.39, 0.29) is 28.8 Å². The molecule has 2 saturated carbocycles. The van der Waals surface area contributed by atoms with Crippen LogP contribution in [0.15, 0.2) is 30.3 Å². The lowest BCUT2D eigenvalue weighted by Gasteiger charge is -2.38. The predicted molar refractivity (Wildman–Crippen MR) is 111 cm³/mol. The third-order valence-electron chi connectivity index (χ3n) is 7.20. The molecule has 0 bridgehead atoms. The first kappa shape index (κ1) is 23.0. The summed E-state index contributed by atoms with van der Waals surface area (Å²) in [6.07, 6.45) is -2.78. The topological polar surface area (TPSA) is 76.3 Å². The van der Waals surface area contributed by atoms with Crippen molar-refractivity contribution >= 4 is 23.4 Å². The summed E-state index contributed by atoms with van der Waals surface area (Å²) >= 11 is 5.73. The van der Waals surface area contributed by atoms with Crippen LogP contribution in [0.1, 0.15) is 53.3 Å². The minimum atomic E-state index is -4.77.